The molecule has 0 radical (unpaired) electrons. The molecule has 10 heteroatoms. The molecule has 2 heterocycles. The molecule has 0 unspecified atom stereocenters. The lowest BCUT2D eigenvalue weighted by atomic mass is 9.98. The summed E-state index contributed by atoms with van der Waals surface area (Å²) >= 11 is 0. The zero-order valence-electron chi connectivity index (χ0n) is 17.1. The van der Waals surface area contributed by atoms with Crippen molar-refractivity contribution in [2.45, 2.75) is 23.7 Å². The van der Waals surface area contributed by atoms with Crippen LogP contribution in [-0.2, 0) is 10.0 Å². The highest BCUT2D eigenvalue weighted by atomic mass is 32.2. The van der Waals surface area contributed by atoms with Gasteiger partial charge in [0.1, 0.15) is 5.82 Å². The second-order valence-electron chi connectivity index (χ2n) is 7.12. The average Bonchev–Trinajstić information content (AvgIpc) is 3.29. The second-order valence-corrected chi connectivity index (χ2v) is 9.06. The molecule has 0 N–H and O–H groups in total. The molecule has 0 saturated carbocycles. The van der Waals surface area contributed by atoms with Crippen LogP contribution in [0.3, 0.4) is 0 Å². The van der Waals surface area contributed by atoms with Gasteiger partial charge in [-0.3, -0.25) is 0 Å². The minimum Gasteiger partial charge on any atom is -0.493 e. The van der Waals surface area contributed by atoms with E-state index in [0.717, 1.165) is 0 Å². The lowest BCUT2D eigenvalue weighted by Crippen LogP contribution is -2.38. The first kappa shape index (κ1) is 21.3. The summed E-state index contributed by atoms with van der Waals surface area (Å²) in [6, 6.07) is 10.7. The Hall–Kier alpha value is -2.98. The molecule has 4 rings (SSSR count). The zero-order valence-corrected chi connectivity index (χ0v) is 17.9. The van der Waals surface area contributed by atoms with Gasteiger partial charge in [0.2, 0.25) is 15.9 Å². The summed E-state index contributed by atoms with van der Waals surface area (Å²) in [6.07, 6.45) is 1.04. The Kier molecular flexibility index (Phi) is 5.92. The Balaban J connectivity index is 1.47. The van der Waals surface area contributed by atoms with Crippen molar-refractivity contribution in [3.05, 3.63) is 54.2 Å². The van der Waals surface area contributed by atoms with Crippen molar-refractivity contribution in [2.24, 2.45) is 0 Å². The molecule has 1 aliphatic heterocycles. The van der Waals surface area contributed by atoms with E-state index in [1.54, 1.807) is 24.3 Å². The Bertz CT molecular complexity index is 1170. The van der Waals surface area contributed by atoms with Gasteiger partial charge < -0.3 is 13.9 Å². The van der Waals surface area contributed by atoms with E-state index in [9.17, 15) is 12.8 Å². The van der Waals surface area contributed by atoms with Gasteiger partial charge in [0.25, 0.3) is 5.89 Å². The molecule has 0 aliphatic carbocycles. The summed E-state index contributed by atoms with van der Waals surface area (Å²) in [6.45, 7) is 0.609. The van der Waals surface area contributed by atoms with Crippen LogP contribution in [0, 0.1) is 5.82 Å². The maximum Gasteiger partial charge on any atom is 0.250 e. The van der Waals surface area contributed by atoms with Gasteiger partial charge in [-0.1, -0.05) is 12.1 Å². The predicted molar refractivity (Wildman–Crippen MR) is 110 cm³/mol. The molecule has 164 valence electrons. The first-order valence-electron chi connectivity index (χ1n) is 9.74. The van der Waals surface area contributed by atoms with E-state index in [1.165, 1.54) is 36.7 Å². The number of hydrogen-bond donors (Lipinski definition) is 0. The van der Waals surface area contributed by atoms with E-state index >= 15 is 0 Å². The van der Waals surface area contributed by atoms with E-state index in [2.05, 4.69) is 10.2 Å². The number of nitrogens with zero attached hydrogens (tertiary/aromatic N) is 3. The summed E-state index contributed by atoms with van der Waals surface area (Å²) in [5.74, 6) is 0.792. The molecule has 31 heavy (non-hydrogen) atoms. The van der Waals surface area contributed by atoms with Gasteiger partial charge in [0.15, 0.2) is 11.5 Å². The molecule has 3 aromatic rings. The Morgan fingerprint density at radius 3 is 2.42 bits per heavy atom. The van der Waals surface area contributed by atoms with Gasteiger partial charge in [-0.05, 0) is 37.1 Å². The number of ether oxygens (including phenoxy) is 2. The van der Waals surface area contributed by atoms with Crippen molar-refractivity contribution in [3.8, 4) is 23.0 Å². The molecule has 8 nitrogen and oxygen atoms in total. The zero-order chi connectivity index (χ0) is 22.0. The van der Waals surface area contributed by atoms with Crippen LogP contribution in [0.4, 0.5) is 4.39 Å². The molecular weight excluding hydrogens is 425 g/mol. The maximum absolute atomic E-state index is 14.0. The van der Waals surface area contributed by atoms with Crippen LogP contribution in [0.1, 0.15) is 24.7 Å². The summed E-state index contributed by atoms with van der Waals surface area (Å²) in [4.78, 5) is 0.142. The molecule has 0 atom stereocenters. The number of halogens is 1. The summed E-state index contributed by atoms with van der Waals surface area (Å²) in [5, 5.41) is 8.02. The van der Waals surface area contributed by atoms with Crippen molar-refractivity contribution in [3.63, 3.8) is 0 Å². The molecule has 0 spiro atoms. The van der Waals surface area contributed by atoms with Crippen molar-refractivity contribution in [1.82, 2.24) is 14.5 Å². The van der Waals surface area contributed by atoms with Crippen LogP contribution in [0.15, 0.2) is 51.8 Å². The number of benzene rings is 2. The molecule has 2 aromatic carbocycles. The van der Waals surface area contributed by atoms with Crippen molar-refractivity contribution >= 4 is 10.0 Å². The lowest BCUT2D eigenvalue weighted by Gasteiger charge is -2.29. The van der Waals surface area contributed by atoms with Crippen molar-refractivity contribution < 1.29 is 26.7 Å². The molecule has 1 saturated heterocycles. The topological polar surface area (TPSA) is 94.8 Å². The quantitative estimate of drug-likeness (QED) is 0.571. The van der Waals surface area contributed by atoms with Crippen LogP contribution in [0.25, 0.3) is 11.5 Å². The maximum atomic E-state index is 14.0. The SMILES string of the molecule is COc1ccc(S(=O)(=O)N2CCC(c3nnc(-c4ccccc4F)o3)CC2)cc1OC. The second kappa shape index (κ2) is 8.64. The molecule has 1 aliphatic rings. The number of hydrogen-bond acceptors (Lipinski definition) is 7. The molecular formula is C21H22FN3O5S. The third-order valence-corrected chi connectivity index (χ3v) is 7.24. The summed E-state index contributed by atoms with van der Waals surface area (Å²) in [5.41, 5.74) is 0.245. The fraction of sp³-hybridized carbons (Fsp3) is 0.333. The third-order valence-electron chi connectivity index (χ3n) is 5.34. The summed E-state index contributed by atoms with van der Waals surface area (Å²) in [7, 11) is -0.737. The number of sulfonamides is 1. The molecule has 1 fully saturated rings. The first-order valence-corrected chi connectivity index (χ1v) is 11.2. The van der Waals surface area contributed by atoms with Gasteiger partial charge in [-0.2, -0.15) is 4.31 Å². The molecule has 0 bridgehead atoms. The Morgan fingerprint density at radius 1 is 1.03 bits per heavy atom. The monoisotopic (exact) mass is 447 g/mol. The first-order chi connectivity index (χ1) is 14.9. The van der Waals surface area contributed by atoms with Crippen LogP contribution in [0.2, 0.25) is 0 Å². The van der Waals surface area contributed by atoms with E-state index < -0.39 is 15.8 Å². The van der Waals surface area contributed by atoms with Gasteiger partial charge in [0.05, 0.1) is 24.7 Å². The van der Waals surface area contributed by atoms with Gasteiger partial charge in [0, 0.05) is 25.1 Å². The largest absolute Gasteiger partial charge is 0.493 e. The predicted octanol–water partition coefficient (Wildman–Crippen LogP) is 3.46. The molecule has 1 aromatic heterocycles. The number of methoxy groups -OCH3 is 2. The minimum atomic E-state index is -3.69. The van der Waals surface area contributed by atoms with E-state index in [0.29, 0.717) is 43.3 Å². The fourth-order valence-electron chi connectivity index (χ4n) is 3.61. The average molecular weight is 447 g/mol. The Labute approximate surface area is 179 Å². The smallest absolute Gasteiger partial charge is 0.250 e. The van der Waals surface area contributed by atoms with Gasteiger partial charge in [-0.25, -0.2) is 12.8 Å². The van der Waals surface area contributed by atoms with Gasteiger partial charge in [-0.15, -0.1) is 10.2 Å². The van der Waals surface area contributed by atoms with Gasteiger partial charge >= 0.3 is 0 Å². The highest BCUT2D eigenvalue weighted by molar-refractivity contribution is 7.89. The summed E-state index contributed by atoms with van der Waals surface area (Å²) < 4.78 is 57.6. The number of rotatable bonds is 6. The third kappa shape index (κ3) is 4.13. The normalized spacial score (nSPS) is 15.7. The van der Waals surface area contributed by atoms with Crippen LogP contribution in [0.5, 0.6) is 11.5 Å². The standard InChI is InChI=1S/C21H22FN3O5S/c1-28-18-8-7-15(13-19(18)29-2)31(26,27)25-11-9-14(10-12-25)20-23-24-21(30-20)16-5-3-4-6-17(16)22/h3-8,13-14H,9-12H2,1-2H3. The minimum absolute atomic E-state index is 0.0927. The van der Waals surface area contributed by atoms with Crippen LogP contribution >= 0.6 is 0 Å². The molecule has 0 amide bonds. The van der Waals surface area contributed by atoms with Crippen LogP contribution < -0.4 is 9.47 Å². The van der Waals surface area contributed by atoms with E-state index in [4.69, 9.17) is 13.9 Å². The van der Waals surface area contributed by atoms with Crippen molar-refractivity contribution in [1.29, 1.82) is 0 Å². The van der Waals surface area contributed by atoms with Crippen molar-refractivity contribution in [2.75, 3.05) is 27.3 Å². The van der Waals surface area contributed by atoms with E-state index in [-0.39, 0.29) is 22.3 Å². The lowest BCUT2D eigenvalue weighted by molar-refractivity contribution is 0.291. The Morgan fingerprint density at radius 2 is 1.74 bits per heavy atom. The van der Waals surface area contributed by atoms with Crippen LogP contribution in [-0.4, -0.2) is 50.2 Å². The van der Waals surface area contributed by atoms with E-state index in [1.807, 2.05) is 0 Å². The highest BCUT2D eigenvalue weighted by Crippen LogP contribution is 2.34. The fourth-order valence-corrected chi connectivity index (χ4v) is 5.10. The highest BCUT2D eigenvalue weighted by Gasteiger charge is 2.32. The number of aromatic nitrogens is 2. The number of piperidine rings is 1.